The van der Waals surface area contributed by atoms with Gasteiger partial charge in [-0.3, -0.25) is 9.69 Å². The lowest BCUT2D eigenvalue weighted by atomic mass is 10.0. The van der Waals surface area contributed by atoms with Gasteiger partial charge in [0.2, 0.25) is 5.91 Å². The van der Waals surface area contributed by atoms with E-state index in [0.29, 0.717) is 6.04 Å². The quantitative estimate of drug-likeness (QED) is 0.640. The summed E-state index contributed by atoms with van der Waals surface area (Å²) in [6, 6.07) is 8.77. The Labute approximate surface area is 168 Å². The van der Waals surface area contributed by atoms with E-state index in [1.165, 1.54) is 15.1 Å². The minimum atomic E-state index is -0.0421. The average Bonchev–Trinajstić information content (AvgIpc) is 3.20. The van der Waals surface area contributed by atoms with Gasteiger partial charge in [-0.15, -0.1) is 22.7 Å². The van der Waals surface area contributed by atoms with Crippen molar-refractivity contribution in [1.82, 2.24) is 9.88 Å². The maximum Gasteiger partial charge on any atom is 0.227 e. The van der Waals surface area contributed by atoms with Crippen molar-refractivity contribution in [1.29, 1.82) is 0 Å². The highest BCUT2D eigenvalue weighted by Gasteiger charge is 2.28. The predicted octanol–water partition coefficient (Wildman–Crippen LogP) is 5.39. The molecule has 1 aromatic carbocycles. The number of amides is 1. The molecule has 0 unspecified atom stereocenters. The molecule has 0 fully saturated rings. The van der Waals surface area contributed by atoms with Crippen molar-refractivity contribution in [3.05, 3.63) is 34.7 Å². The summed E-state index contributed by atoms with van der Waals surface area (Å²) < 4.78 is 1.19. The van der Waals surface area contributed by atoms with Crippen LogP contribution in [0.1, 0.15) is 38.1 Å². The number of carbonyl (C=O) groups excluding carboxylic acids is 1. The van der Waals surface area contributed by atoms with Crippen LogP contribution in [0.5, 0.6) is 0 Å². The van der Waals surface area contributed by atoms with Crippen molar-refractivity contribution < 1.29 is 4.79 Å². The number of hydrogen-bond acceptors (Lipinski definition) is 5. The highest BCUT2D eigenvalue weighted by Crippen LogP contribution is 2.45. The Balaban J connectivity index is 1.81. The third-order valence-corrected chi connectivity index (χ3v) is 7.27. The summed E-state index contributed by atoms with van der Waals surface area (Å²) in [5.74, 6) is 0.0242. The number of rotatable bonds is 4. The lowest BCUT2D eigenvalue weighted by Crippen LogP contribution is -2.35. The minimum Gasteiger partial charge on any atom is -0.317 e. The first kappa shape index (κ1) is 18.6. The van der Waals surface area contributed by atoms with Crippen LogP contribution in [0.3, 0.4) is 0 Å². The average molecular weight is 400 g/mol. The maximum absolute atomic E-state index is 12.4. The van der Waals surface area contributed by atoms with Gasteiger partial charge in [0.05, 0.1) is 10.2 Å². The fourth-order valence-corrected chi connectivity index (χ4v) is 5.80. The summed E-state index contributed by atoms with van der Waals surface area (Å²) in [5.41, 5.74) is 3.54. The Hall–Kier alpha value is -1.76. The van der Waals surface area contributed by atoms with Crippen LogP contribution in [0.2, 0.25) is 0 Å². The van der Waals surface area contributed by atoms with E-state index in [1.807, 2.05) is 19.9 Å². The van der Waals surface area contributed by atoms with Crippen LogP contribution >= 0.6 is 22.7 Å². The van der Waals surface area contributed by atoms with Crippen molar-refractivity contribution >= 4 is 43.8 Å². The number of thiophene rings is 1. The zero-order valence-corrected chi connectivity index (χ0v) is 17.8. The van der Waals surface area contributed by atoms with Gasteiger partial charge in [0.1, 0.15) is 10.0 Å². The predicted molar refractivity (Wildman–Crippen MR) is 116 cm³/mol. The molecular formula is C21H25N3OS2. The lowest BCUT2D eigenvalue weighted by molar-refractivity contribution is -0.118. The summed E-state index contributed by atoms with van der Waals surface area (Å²) in [7, 11) is 0. The molecule has 0 atom stereocenters. The number of hydrogen-bond donors (Lipinski definition) is 1. The number of benzene rings is 1. The van der Waals surface area contributed by atoms with Gasteiger partial charge in [0, 0.05) is 35.5 Å². The summed E-state index contributed by atoms with van der Waals surface area (Å²) in [5, 5.41) is 5.16. The fourth-order valence-electron chi connectivity index (χ4n) is 3.41. The maximum atomic E-state index is 12.4. The molecule has 142 valence electrons. The van der Waals surface area contributed by atoms with Gasteiger partial charge in [-0.2, -0.15) is 0 Å². The minimum absolute atomic E-state index is 0.0421. The second kappa shape index (κ2) is 7.34. The Morgan fingerprint density at radius 1 is 1.19 bits per heavy atom. The molecule has 0 aliphatic carbocycles. The number of aromatic nitrogens is 1. The van der Waals surface area contributed by atoms with E-state index in [1.54, 1.807) is 22.7 Å². The van der Waals surface area contributed by atoms with Crippen LogP contribution in [0, 0.1) is 5.92 Å². The molecule has 1 aliphatic heterocycles. The largest absolute Gasteiger partial charge is 0.317 e. The fraction of sp³-hybridized carbons (Fsp3) is 0.429. The number of nitrogens with one attached hydrogen (secondary N) is 1. The molecule has 0 saturated carbocycles. The van der Waals surface area contributed by atoms with Crippen LogP contribution in [0.4, 0.5) is 5.00 Å². The molecule has 0 spiro atoms. The number of fused-ring (bicyclic) bond motifs is 2. The molecule has 4 nitrogen and oxygen atoms in total. The normalized spacial score (nSPS) is 14.9. The zero-order chi connectivity index (χ0) is 19.1. The Bertz CT molecular complexity index is 954. The number of carbonyl (C=O) groups is 1. The van der Waals surface area contributed by atoms with Gasteiger partial charge in [-0.25, -0.2) is 4.98 Å². The van der Waals surface area contributed by atoms with E-state index in [0.717, 1.165) is 40.6 Å². The van der Waals surface area contributed by atoms with Crippen LogP contribution in [-0.2, 0) is 17.8 Å². The summed E-state index contributed by atoms with van der Waals surface area (Å²) in [6.07, 6.45) is 1.01. The molecule has 6 heteroatoms. The number of nitrogens with zero attached hydrogens (tertiary/aromatic N) is 2. The van der Waals surface area contributed by atoms with Crippen molar-refractivity contribution in [2.45, 2.75) is 46.7 Å². The van der Waals surface area contributed by atoms with Crippen LogP contribution < -0.4 is 5.32 Å². The lowest BCUT2D eigenvalue weighted by Gasteiger charge is -2.30. The Morgan fingerprint density at radius 2 is 1.96 bits per heavy atom. The standard InChI is InChI=1S/C21H25N3OS2/c1-12(2)19(25)23-21-18(20-22-15-7-5-6-8-16(15)26-20)14-9-10-24(13(3)4)11-17(14)27-21/h5-8,12-13H,9-11H2,1-4H3,(H,23,25). The van der Waals surface area contributed by atoms with E-state index in [2.05, 4.69) is 42.3 Å². The SMILES string of the molecule is CC(C)C(=O)Nc1sc2c(c1-c1nc3ccccc3s1)CCN(C(C)C)C2. The van der Waals surface area contributed by atoms with Crippen LogP contribution in [0.15, 0.2) is 24.3 Å². The molecule has 3 aromatic rings. The molecule has 27 heavy (non-hydrogen) atoms. The van der Waals surface area contributed by atoms with Crippen LogP contribution in [0.25, 0.3) is 20.8 Å². The second-order valence-electron chi connectivity index (χ2n) is 7.65. The number of thiazole rings is 1. The van der Waals surface area contributed by atoms with Gasteiger partial charge >= 0.3 is 0 Å². The van der Waals surface area contributed by atoms with Gasteiger partial charge in [0.25, 0.3) is 0 Å². The molecule has 1 amide bonds. The first-order valence-corrected chi connectivity index (χ1v) is 11.1. The van der Waals surface area contributed by atoms with E-state index >= 15 is 0 Å². The van der Waals surface area contributed by atoms with Crippen LogP contribution in [-0.4, -0.2) is 28.4 Å². The topological polar surface area (TPSA) is 45.2 Å². The molecule has 4 rings (SSSR count). The first-order chi connectivity index (χ1) is 12.9. The summed E-state index contributed by atoms with van der Waals surface area (Å²) in [4.78, 5) is 21.2. The molecule has 1 N–H and O–H groups in total. The summed E-state index contributed by atoms with van der Waals surface area (Å²) in [6.45, 7) is 10.4. The highest BCUT2D eigenvalue weighted by molar-refractivity contribution is 7.22. The molecule has 2 aromatic heterocycles. The second-order valence-corrected chi connectivity index (χ2v) is 9.79. The van der Waals surface area contributed by atoms with E-state index in [-0.39, 0.29) is 11.8 Å². The third kappa shape index (κ3) is 3.53. The smallest absolute Gasteiger partial charge is 0.227 e. The highest BCUT2D eigenvalue weighted by atomic mass is 32.1. The van der Waals surface area contributed by atoms with Gasteiger partial charge in [-0.05, 0) is 38.0 Å². The molecular weight excluding hydrogens is 374 g/mol. The van der Waals surface area contributed by atoms with Gasteiger partial charge < -0.3 is 5.32 Å². The van der Waals surface area contributed by atoms with Gasteiger partial charge in [0.15, 0.2) is 0 Å². The first-order valence-electron chi connectivity index (χ1n) is 9.49. The molecule has 0 radical (unpaired) electrons. The molecule has 1 aliphatic rings. The summed E-state index contributed by atoms with van der Waals surface area (Å²) >= 11 is 3.44. The third-order valence-electron chi connectivity index (χ3n) is 5.09. The Morgan fingerprint density at radius 3 is 2.67 bits per heavy atom. The van der Waals surface area contributed by atoms with Crippen molar-refractivity contribution in [2.75, 3.05) is 11.9 Å². The van der Waals surface area contributed by atoms with E-state index < -0.39 is 0 Å². The molecule has 0 bridgehead atoms. The van der Waals surface area contributed by atoms with E-state index in [9.17, 15) is 4.79 Å². The van der Waals surface area contributed by atoms with Crippen molar-refractivity contribution in [3.63, 3.8) is 0 Å². The monoisotopic (exact) mass is 399 g/mol. The zero-order valence-electron chi connectivity index (χ0n) is 16.2. The van der Waals surface area contributed by atoms with Crippen molar-refractivity contribution in [2.24, 2.45) is 5.92 Å². The molecule has 0 saturated heterocycles. The van der Waals surface area contributed by atoms with Gasteiger partial charge in [-0.1, -0.05) is 26.0 Å². The molecule has 3 heterocycles. The van der Waals surface area contributed by atoms with E-state index in [4.69, 9.17) is 4.98 Å². The number of anilines is 1. The van der Waals surface area contributed by atoms with Crippen molar-refractivity contribution in [3.8, 4) is 10.6 Å². The Kier molecular flexibility index (Phi) is 5.05. The number of para-hydroxylation sites is 1.